The summed E-state index contributed by atoms with van der Waals surface area (Å²) in [6, 6.07) is 20.0. The molecule has 0 bridgehead atoms. The number of phosphoric ester groups is 1. The molecule has 7 rings (SSSR count). The molecule has 1 aliphatic carbocycles. The molecule has 1 saturated heterocycles. The normalized spacial score (nSPS) is 18.5. The molecule has 0 saturated carbocycles. The van der Waals surface area contributed by atoms with Gasteiger partial charge in [0.05, 0.1) is 13.7 Å². The number of alkyl carbamates (subject to hydrolysis) is 1. The number of aromatic amines is 1. The molecule has 2 aromatic carbocycles. The summed E-state index contributed by atoms with van der Waals surface area (Å²) in [4.78, 5) is 101. The molecule has 2 unspecified atom stereocenters. The number of benzene rings is 3. The van der Waals surface area contributed by atoms with Crippen LogP contribution in [-0.2, 0) is 48.2 Å². The summed E-state index contributed by atoms with van der Waals surface area (Å²) < 4.78 is 64.3. The molecule has 3 amide bonds. The number of nitrogen functional groups attached to an aromatic ring is 1. The fourth-order valence-electron chi connectivity index (χ4n) is 8.14. The second-order valence-electron chi connectivity index (χ2n) is 17.3. The fraction of sp³-hybridized carbons (Fsp3) is 0.372. The number of hydrogen-bond acceptors (Lipinski definition) is 17. The quantitative estimate of drug-likeness (QED) is 0.0241. The number of carbonyl (C=O) groups excluding carboxylic acids is 3. The van der Waals surface area contributed by atoms with Crippen LogP contribution in [0.4, 0.5) is 16.4 Å². The lowest BCUT2D eigenvalue weighted by Crippen LogP contribution is -2.49. The van der Waals surface area contributed by atoms with E-state index < -0.39 is 66.3 Å². The molecule has 3 aliphatic rings. The van der Waals surface area contributed by atoms with Gasteiger partial charge in [0.25, 0.3) is 17.4 Å². The highest BCUT2D eigenvalue weighted by atomic mass is 32.1. The zero-order valence-corrected chi connectivity index (χ0v) is 44.0. The van der Waals surface area contributed by atoms with Crippen LogP contribution in [0, 0.1) is 0 Å². The maximum absolute atomic E-state index is 14.2. The van der Waals surface area contributed by atoms with E-state index in [4.69, 9.17) is 25.0 Å². The summed E-state index contributed by atoms with van der Waals surface area (Å²) in [5.74, 6) is -0.938. The number of nitrogens with one attached hydrogen (secondary N) is 3. The molecular weight excluding hydrogens is 1050 g/mol. The average molecular weight is 1110 g/mol. The summed E-state index contributed by atoms with van der Waals surface area (Å²) in [6.07, 6.45) is -6.42. The maximum Gasteiger partial charge on any atom is 0.490 e. The lowest BCUT2D eigenvalue weighted by Gasteiger charge is -2.22. The van der Waals surface area contributed by atoms with Crippen LogP contribution in [0.5, 0.6) is 0 Å². The second kappa shape index (κ2) is 22.5. The third-order valence-electron chi connectivity index (χ3n) is 11.5. The van der Waals surface area contributed by atoms with Crippen molar-refractivity contribution in [2.75, 3.05) is 72.1 Å². The van der Waals surface area contributed by atoms with Gasteiger partial charge in [-0.2, -0.15) is 8.62 Å². The van der Waals surface area contributed by atoms with Crippen molar-refractivity contribution in [1.82, 2.24) is 34.6 Å². The van der Waals surface area contributed by atoms with Gasteiger partial charge in [-0.25, -0.2) is 27.6 Å². The summed E-state index contributed by atoms with van der Waals surface area (Å²) in [7, 11) is -6.21. The van der Waals surface area contributed by atoms with Crippen LogP contribution in [0.2, 0.25) is 0 Å². The number of nitrogens with two attached hydrogens (primary N) is 1. The molecule has 10 N–H and O–H groups in total. The Morgan fingerprint density at radius 3 is 2.39 bits per heavy atom. The van der Waals surface area contributed by atoms with Crippen LogP contribution >= 0.6 is 34.8 Å². The Morgan fingerprint density at radius 1 is 0.973 bits per heavy atom. The molecule has 27 nitrogen and oxygen atoms in total. The van der Waals surface area contributed by atoms with Crippen molar-refractivity contribution in [2.45, 2.75) is 37.4 Å². The van der Waals surface area contributed by atoms with E-state index in [2.05, 4.69) is 70.1 Å². The van der Waals surface area contributed by atoms with Gasteiger partial charge in [0, 0.05) is 91.1 Å². The largest absolute Gasteiger partial charge is 0.490 e. The number of imidazole rings is 1. The van der Waals surface area contributed by atoms with Crippen LogP contribution < -0.4 is 41.3 Å². The van der Waals surface area contributed by atoms with E-state index in [0.717, 1.165) is 47.3 Å². The van der Waals surface area contributed by atoms with Crippen LogP contribution in [-0.4, -0.2) is 142 Å². The number of hydrogen-bond donors (Lipinski definition) is 9. The first kappa shape index (κ1) is 55.8. The molecule has 31 heteroatoms. The molecule has 0 radical (unpaired) electrons. The predicted molar refractivity (Wildman–Crippen MR) is 268 cm³/mol. The fourth-order valence-corrected chi connectivity index (χ4v) is 12.3. The molecule has 2 aromatic heterocycles. The summed E-state index contributed by atoms with van der Waals surface area (Å²) in [5.41, 5.74) is 9.19. The predicted octanol–water partition coefficient (Wildman–Crippen LogP) is 1.58. The Labute approximate surface area is 425 Å². The molecule has 4 aromatic rings. The minimum Gasteiger partial charge on any atom is -0.437 e. The van der Waals surface area contributed by atoms with Crippen molar-refractivity contribution in [3.63, 3.8) is 0 Å². The number of phosphoric acid groups is 3. The van der Waals surface area contributed by atoms with Gasteiger partial charge in [0.1, 0.15) is 26.3 Å². The van der Waals surface area contributed by atoms with E-state index in [0.29, 0.717) is 12.0 Å². The third-order valence-corrected chi connectivity index (χ3v) is 16.5. The first-order valence-corrected chi connectivity index (χ1v) is 27.7. The van der Waals surface area contributed by atoms with Gasteiger partial charge in [0.15, 0.2) is 12.4 Å². The zero-order chi connectivity index (χ0) is 54.0. The number of aliphatic hydroxyl groups is 1. The molecule has 6 atom stereocenters. The number of amides is 3. The number of anilines is 2. The molecule has 0 spiro atoms. The lowest BCUT2D eigenvalue weighted by molar-refractivity contribution is -0.745. The zero-order valence-electron chi connectivity index (χ0n) is 40.5. The Bertz CT molecular complexity index is 3380. The molecule has 2 aliphatic heterocycles. The number of nitrogens with zero attached hydrogens (tertiary/aromatic N) is 6. The van der Waals surface area contributed by atoms with E-state index in [9.17, 15) is 47.8 Å². The van der Waals surface area contributed by atoms with Gasteiger partial charge in [-0.15, -0.1) is 11.3 Å². The molecular formula is C43H55N10O17P3S+2. The Morgan fingerprint density at radius 2 is 1.69 bits per heavy atom. The highest BCUT2D eigenvalue weighted by Gasteiger charge is 2.52. The lowest BCUT2D eigenvalue weighted by atomic mass is 9.91. The topological polar surface area (TPSA) is 364 Å². The highest BCUT2D eigenvalue weighted by molar-refractivity contribution is 7.66. The van der Waals surface area contributed by atoms with Gasteiger partial charge in [-0.3, -0.25) is 28.5 Å². The van der Waals surface area contributed by atoms with Crippen LogP contribution in [0.15, 0.2) is 71.8 Å². The first-order valence-electron chi connectivity index (χ1n) is 22.3. The number of ether oxygens (including phenoxy) is 2. The Balaban J connectivity index is 0.961. The minimum absolute atomic E-state index is 0.0280. The van der Waals surface area contributed by atoms with Crippen molar-refractivity contribution in [2.24, 2.45) is 7.05 Å². The molecule has 1 fully saturated rings. The number of rotatable bonds is 19. The van der Waals surface area contributed by atoms with E-state index in [-0.39, 0.29) is 55.0 Å². The number of fused-ring (bicyclic) bond motifs is 3. The summed E-state index contributed by atoms with van der Waals surface area (Å²) in [5, 5.41) is 18.4. The van der Waals surface area contributed by atoms with Gasteiger partial charge < -0.3 is 60.3 Å². The van der Waals surface area contributed by atoms with E-state index in [1.807, 2.05) is 55.9 Å². The summed E-state index contributed by atoms with van der Waals surface area (Å²) >= 11 is 1.68. The SMILES string of the molecule is CN(CCCC(=O)NCCNC(=O)O[C@@H]1[C@H](O)[C@@H](COP(=O)(O)OP(=O)(O)OP(=O)(O)O)O[C@H]1[n+]1cn(C)c2c(=O)[nH]c(N)nc21)C(=O)c1ccccc1-c1c2ccc(=[N+](C)C)cc-2sc2cc(N(C)C)ccc12. The number of aliphatic hydroxyl groups excluding tert-OH is 1. The van der Waals surface area contributed by atoms with Crippen molar-refractivity contribution >= 4 is 85.6 Å². The minimum atomic E-state index is -5.89. The number of carbonyl (C=O) groups is 3. The van der Waals surface area contributed by atoms with Crippen molar-refractivity contribution in [3.8, 4) is 21.6 Å². The maximum atomic E-state index is 14.2. The van der Waals surface area contributed by atoms with Gasteiger partial charge in [-0.05, 0) is 41.8 Å². The van der Waals surface area contributed by atoms with Crippen molar-refractivity contribution < 1.29 is 79.9 Å². The number of aromatic nitrogens is 4. The molecule has 74 heavy (non-hydrogen) atoms. The third kappa shape index (κ3) is 13.1. The van der Waals surface area contributed by atoms with Crippen molar-refractivity contribution in [1.29, 1.82) is 0 Å². The van der Waals surface area contributed by atoms with Gasteiger partial charge in [0.2, 0.25) is 23.0 Å². The van der Waals surface area contributed by atoms with E-state index in [1.165, 1.54) is 17.9 Å². The van der Waals surface area contributed by atoms with Crippen LogP contribution in [0.1, 0.15) is 29.4 Å². The number of aryl methyl sites for hydroxylation is 1. The summed E-state index contributed by atoms with van der Waals surface area (Å²) in [6.45, 7) is -1.16. The second-order valence-corrected chi connectivity index (χ2v) is 22.9. The Kier molecular flexibility index (Phi) is 16.9. The van der Waals surface area contributed by atoms with E-state index in [1.54, 1.807) is 29.4 Å². The van der Waals surface area contributed by atoms with Crippen LogP contribution in [0.25, 0.3) is 42.8 Å². The standard InChI is InChI=1S/C43H53N10O17P3S/c1-49(2)24-13-15-28-31(20-24)74-32-21-25(50(3)4)14-16-29(32)34(28)26-10-7-8-11-27(26)40(57)51(5)19-9-12-33(54)45-17-18-46-43(58)68-37-36(55)30(22-66-72(62,63)70-73(64,65)69-71(59,60)61)67-41(37)53-23-52(6)35-38(53)47-42(44)48-39(35)56/h7-8,10-11,13-16,20-21,23,30,36-37,41,55H,9,12,17-19,22H2,1-6H3,(H7-2,44,45,46,47,48,54,56,58,59,60,61,62,63,64,65)/p+2/t30-,36-,37-,41-/m1/s1. The Hall–Kier alpha value is -5.96. The van der Waals surface area contributed by atoms with Crippen LogP contribution in [0.3, 0.4) is 0 Å². The highest BCUT2D eigenvalue weighted by Crippen LogP contribution is 2.66. The average Bonchev–Trinajstić information content (AvgIpc) is 3.80. The van der Waals surface area contributed by atoms with Gasteiger partial charge in [-0.1, -0.05) is 29.2 Å². The monoisotopic (exact) mass is 1110 g/mol. The smallest absolute Gasteiger partial charge is 0.437 e. The van der Waals surface area contributed by atoms with E-state index >= 15 is 0 Å². The first-order chi connectivity index (χ1) is 34.7. The number of H-pyrrole nitrogens is 1. The van der Waals surface area contributed by atoms with Gasteiger partial charge >= 0.3 is 35.2 Å². The molecule has 4 heterocycles. The molecule has 398 valence electrons. The van der Waals surface area contributed by atoms with Crippen molar-refractivity contribution in [3.05, 3.63) is 88.3 Å².